The molecule has 2 N–H and O–H groups in total. The van der Waals surface area contributed by atoms with Crippen LogP contribution in [0, 0.1) is 6.92 Å². The summed E-state index contributed by atoms with van der Waals surface area (Å²) in [5.74, 6) is -0.863. The zero-order valence-corrected chi connectivity index (χ0v) is 19.9. The Morgan fingerprint density at radius 1 is 1.03 bits per heavy atom. The summed E-state index contributed by atoms with van der Waals surface area (Å²) in [6, 6.07) is 17.2. The predicted octanol–water partition coefficient (Wildman–Crippen LogP) is 6.33. The van der Waals surface area contributed by atoms with Crippen LogP contribution in [-0.4, -0.2) is 31.8 Å². The van der Waals surface area contributed by atoms with E-state index in [0.29, 0.717) is 5.02 Å². The van der Waals surface area contributed by atoms with E-state index < -0.39 is 11.6 Å². The molecule has 6 heteroatoms. The molecule has 0 saturated heterocycles. The highest BCUT2D eigenvalue weighted by atomic mass is 35.5. The number of hydrogen-bond acceptors (Lipinski definition) is 4. The van der Waals surface area contributed by atoms with Crippen molar-refractivity contribution in [3.05, 3.63) is 83.1 Å². The van der Waals surface area contributed by atoms with Crippen LogP contribution in [-0.2, 0) is 11.2 Å². The van der Waals surface area contributed by atoms with Crippen molar-refractivity contribution in [2.75, 3.05) is 0 Å². The number of rotatable bonds is 4. The SMILES string of the molecule is CC(C)(C)O.Cc1cc2nc(-c3cccnc3)ccc2c(-c2ccc(Cl)cc2)c1CC(=O)O. The van der Waals surface area contributed by atoms with E-state index in [9.17, 15) is 9.90 Å². The van der Waals surface area contributed by atoms with Crippen LogP contribution in [0.25, 0.3) is 33.3 Å². The van der Waals surface area contributed by atoms with Crippen LogP contribution in [0.5, 0.6) is 0 Å². The number of pyridine rings is 2. The maximum Gasteiger partial charge on any atom is 0.307 e. The Bertz CT molecular complexity index is 1260. The summed E-state index contributed by atoms with van der Waals surface area (Å²) >= 11 is 6.05. The molecule has 2 aromatic heterocycles. The van der Waals surface area contributed by atoms with Gasteiger partial charge in [-0.3, -0.25) is 9.78 Å². The maximum atomic E-state index is 11.5. The standard InChI is InChI=1S/C23H17ClN2O2.C4H10O/c1-14-11-21-18(8-9-20(26-21)16-3-2-10-25-13-16)23(19(14)12-22(27)28)15-4-6-17(24)7-5-15;1-4(2,3)5/h2-11,13H,12H2,1H3,(H,27,28);5H,1-3H3. The lowest BCUT2D eigenvalue weighted by Gasteiger charge is -2.16. The first-order valence-corrected chi connectivity index (χ1v) is 10.9. The molecule has 0 saturated carbocycles. The highest BCUT2D eigenvalue weighted by Crippen LogP contribution is 2.36. The Morgan fingerprint density at radius 3 is 2.27 bits per heavy atom. The van der Waals surface area contributed by atoms with E-state index in [-0.39, 0.29) is 6.42 Å². The maximum absolute atomic E-state index is 11.5. The van der Waals surface area contributed by atoms with Crippen molar-refractivity contribution >= 4 is 28.5 Å². The Kier molecular flexibility index (Phi) is 7.46. The second kappa shape index (κ2) is 10.1. The first-order chi connectivity index (χ1) is 15.5. The van der Waals surface area contributed by atoms with Crippen LogP contribution in [0.2, 0.25) is 5.02 Å². The molecular weight excluding hydrogens is 436 g/mol. The molecule has 170 valence electrons. The van der Waals surface area contributed by atoms with Gasteiger partial charge in [-0.2, -0.15) is 0 Å². The van der Waals surface area contributed by atoms with Crippen LogP contribution in [0.3, 0.4) is 0 Å². The number of fused-ring (bicyclic) bond motifs is 1. The van der Waals surface area contributed by atoms with E-state index in [1.807, 2.05) is 61.5 Å². The van der Waals surface area contributed by atoms with Gasteiger partial charge in [0, 0.05) is 28.4 Å². The third-order valence-electron chi connectivity index (χ3n) is 4.74. The first-order valence-electron chi connectivity index (χ1n) is 10.6. The van der Waals surface area contributed by atoms with Crippen molar-refractivity contribution in [3.63, 3.8) is 0 Å². The largest absolute Gasteiger partial charge is 0.481 e. The molecule has 0 aliphatic rings. The number of halogens is 1. The summed E-state index contributed by atoms with van der Waals surface area (Å²) in [5.41, 5.74) is 5.58. The molecule has 0 aliphatic heterocycles. The summed E-state index contributed by atoms with van der Waals surface area (Å²) in [5, 5.41) is 19.5. The van der Waals surface area contributed by atoms with Gasteiger partial charge in [0.15, 0.2) is 0 Å². The van der Waals surface area contributed by atoms with Gasteiger partial charge in [-0.05, 0) is 86.3 Å². The van der Waals surface area contributed by atoms with Crippen LogP contribution in [0.4, 0.5) is 0 Å². The van der Waals surface area contributed by atoms with Crippen LogP contribution in [0.1, 0.15) is 31.9 Å². The number of hydrogen-bond donors (Lipinski definition) is 2. The monoisotopic (exact) mass is 462 g/mol. The number of carboxylic acid groups (broad SMARTS) is 1. The molecule has 0 aliphatic carbocycles. The molecule has 4 aromatic rings. The molecule has 0 spiro atoms. The van der Waals surface area contributed by atoms with Gasteiger partial charge in [0.25, 0.3) is 0 Å². The number of carboxylic acids is 1. The van der Waals surface area contributed by atoms with E-state index in [1.54, 1.807) is 33.2 Å². The zero-order valence-electron chi connectivity index (χ0n) is 19.1. The molecular formula is C27H27ClN2O3. The number of nitrogens with zero attached hydrogens (tertiary/aromatic N) is 2. The van der Waals surface area contributed by atoms with Crippen LogP contribution >= 0.6 is 11.6 Å². The minimum absolute atomic E-state index is 0.0515. The van der Waals surface area contributed by atoms with Crippen molar-refractivity contribution < 1.29 is 15.0 Å². The summed E-state index contributed by atoms with van der Waals surface area (Å²) in [6.45, 7) is 7.16. The Balaban J connectivity index is 0.000000555. The molecule has 4 rings (SSSR count). The molecule has 5 nitrogen and oxygen atoms in total. The van der Waals surface area contributed by atoms with E-state index in [0.717, 1.165) is 44.4 Å². The number of aryl methyl sites for hydroxylation is 1. The molecule has 0 amide bonds. The predicted molar refractivity (Wildman–Crippen MR) is 133 cm³/mol. The minimum atomic E-state index is -0.863. The number of aliphatic hydroxyl groups is 1. The minimum Gasteiger partial charge on any atom is -0.481 e. The van der Waals surface area contributed by atoms with Crippen molar-refractivity contribution in [3.8, 4) is 22.4 Å². The lowest BCUT2D eigenvalue weighted by Crippen LogP contribution is -2.10. The Hall–Kier alpha value is -3.28. The van der Waals surface area contributed by atoms with Gasteiger partial charge < -0.3 is 10.2 Å². The van der Waals surface area contributed by atoms with E-state index in [2.05, 4.69) is 4.98 Å². The average Bonchev–Trinajstić information content (AvgIpc) is 2.74. The van der Waals surface area contributed by atoms with Crippen molar-refractivity contribution in [1.82, 2.24) is 9.97 Å². The number of benzene rings is 2. The van der Waals surface area contributed by atoms with Gasteiger partial charge in [-0.1, -0.05) is 29.8 Å². The zero-order chi connectivity index (χ0) is 24.2. The van der Waals surface area contributed by atoms with Gasteiger partial charge in [0.1, 0.15) is 0 Å². The van der Waals surface area contributed by atoms with E-state index in [4.69, 9.17) is 21.7 Å². The van der Waals surface area contributed by atoms with Gasteiger partial charge in [0.2, 0.25) is 0 Å². The molecule has 0 atom stereocenters. The molecule has 2 aromatic carbocycles. The fourth-order valence-electron chi connectivity index (χ4n) is 3.45. The van der Waals surface area contributed by atoms with Gasteiger partial charge in [-0.15, -0.1) is 0 Å². The number of aliphatic carboxylic acids is 1. The quantitative estimate of drug-likeness (QED) is 0.370. The first kappa shape index (κ1) is 24.4. The normalized spacial score (nSPS) is 11.1. The second-order valence-electron chi connectivity index (χ2n) is 8.80. The highest BCUT2D eigenvalue weighted by Gasteiger charge is 2.17. The molecule has 2 heterocycles. The summed E-state index contributed by atoms with van der Waals surface area (Å²) in [6.07, 6.45) is 3.45. The Morgan fingerprint density at radius 2 is 1.70 bits per heavy atom. The summed E-state index contributed by atoms with van der Waals surface area (Å²) in [7, 11) is 0. The van der Waals surface area contributed by atoms with Gasteiger partial charge in [-0.25, -0.2) is 4.98 Å². The van der Waals surface area contributed by atoms with Gasteiger partial charge in [0.05, 0.1) is 23.2 Å². The van der Waals surface area contributed by atoms with Crippen LogP contribution < -0.4 is 0 Å². The topological polar surface area (TPSA) is 83.3 Å². The lowest BCUT2D eigenvalue weighted by atomic mass is 9.90. The smallest absolute Gasteiger partial charge is 0.307 e. The lowest BCUT2D eigenvalue weighted by molar-refractivity contribution is -0.136. The molecule has 0 bridgehead atoms. The van der Waals surface area contributed by atoms with E-state index in [1.165, 1.54) is 0 Å². The van der Waals surface area contributed by atoms with Gasteiger partial charge >= 0.3 is 5.97 Å². The second-order valence-corrected chi connectivity index (χ2v) is 9.24. The van der Waals surface area contributed by atoms with Crippen molar-refractivity contribution in [1.29, 1.82) is 0 Å². The molecule has 0 unspecified atom stereocenters. The fourth-order valence-corrected chi connectivity index (χ4v) is 3.57. The third kappa shape index (κ3) is 6.60. The fraction of sp³-hybridized carbons (Fsp3) is 0.222. The Labute approximate surface area is 198 Å². The third-order valence-corrected chi connectivity index (χ3v) is 5.00. The number of carbonyl (C=O) groups is 1. The van der Waals surface area contributed by atoms with E-state index >= 15 is 0 Å². The van der Waals surface area contributed by atoms with Crippen LogP contribution in [0.15, 0.2) is 67.0 Å². The van der Waals surface area contributed by atoms with Crippen molar-refractivity contribution in [2.45, 2.75) is 39.7 Å². The molecule has 33 heavy (non-hydrogen) atoms. The molecule has 0 fully saturated rings. The molecule has 0 radical (unpaired) electrons. The summed E-state index contributed by atoms with van der Waals surface area (Å²) in [4.78, 5) is 20.5. The average molecular weight is 463 g/mol. The summed E-state index contributed by atoms with van der Waals surface area (Å²) < 4.78 is 0. The number of aromatic nitrogens is 2. The highest BCUT2D eigenvalue weighted by molar-refractivity contribution is 6.30. The van der Waals surface area contributed by atoms with Crippen molar-refractivity contribution in [2.24, 2.45) is 0 Å².